The van der Waals surface area contributed by atoms with Crippen LogP contribution in [-0.4, -0.2) is 35.7 Å². The number of nitrogens with two attached hydrogens (primary N) is 1. The van der Waals surface area contributed by atoms with E-state index in [1.54, 1.807) is 0 Å². The van der Waals surface area contributed by atoms with Crippen molar-refractivity contribution in [2.45, 2.75) is 44.2 Å². The minimum absolute atomic E-state index is 0.229. The molecule has 5 heteroatoms. The lowest BCUT2D eigenvalue weighted by molar-refractivity contribution is 0.211. The lowest BCUT2D eigenvalue weighted by Gasteiger charge is -2.25. The number of benzene rings is 1. The van der Waals surface area contributed by atoms with E-state index in [9.17, 15) is 8.78 Å². The van der Waals surface area contributed by atoms with E-state index in [0.717, 1.165) is 38.4 Å². The summed E-state index contributed by atoms with van der Waals surface area (Å²) in [5.41, 5.74) is 6.57. The van der Waals surface area contributed by atoms with E-state index < -0.39 is 11.6 Å². The molecule has 2 rings (SSSR count). The summed E-state index contributed by atoms with van der Waals surface area (Å²) in [4.78, 5) is 2.38. The van der Waals surface area contributed by atoms with Crippen LogP contribution in [-0.2, 0) is 0 Å². The Kier molecular flexibility index (Phi) is 6.08. The maximum atomic E-state index is 13.2. The van der Waals surface area contributed by atoms with Gasteiger partial charge < -0.3 is 15.7 Å². The molecule has 2 unspecified atom stereocenters. The zero-order chi connectivity index (χ0) is 15.2. The van der Waals surface area contributed by atoms with Crippen LogP contribution in [0.5, 0.6) is 0 Å². The van der Waals surface area contributed by atoms with E-state index in [1.165, 1.54) is 18.6 Å². The zero-order valence-corrected chi connectivity index (χ0v) is 12.3. The molecule has 1 saturated heterocycles. The predicted octanol–water partition coefficient (Wildman–Crippen LogP) is 2.59. The molecule has 0 amide bonds. The number of hydrogen-bond acceptors (Lipinski definition) is 3. The van der Waals surface area contributed by atoms with Gasteiger partial charge in [0.25, 0.3) is 0 Å². The Bertz CT molecular complexity index is 436. The van der Waals surface area contributed by atoms with E-state index >= 15 is 0 Å². The summed E-state index contributed by atoms with van der Waals surface area (Å²) in [5.74, 6) is -1.16. The highest BCUT2D eigenvalue weighted by atomic mass is 19.1. The second kappa shape index (κ2) is 7.82. The fourth-order valence-corrected chi connectivity index (χ4v) is 3.10. The highest BCUT2D eigenvalue weighted by Gasteiger charge is 2.24. The minimum Gasteiger partial charge on any atom is -0.396 e. The summed E-state index contributed by atoms with van der Waals surface area (Å²) < 4.78 is 26.4. The van der Waals surface area contributed by atoms with Gasteiger partial charge >= 0.3 is 0 Å². The highest BCUT2D eigenvalue weighted by Crippen LogP contribution is 2.24. The molecule has 1 aromatic rings. The minimum atomic E-state index is -0.581. The van der Waals surface area contributed by atoms with Crippen LogP contribution < -0.4 is 5.73 Å². The molecule has 1 aromatic carbocycles. The molecular weight excluding hydrogens is 274 g/mol. The Morgan fingerprint density at radius 2 is 2.00 bits per heavy atom. The van der Waals surface area contributed by atoms with Crippen molar-refractivity contribution in [1.82, 2.24) is 4.90 Å². The lowest BCUT2D eigenvalue weighted by atomic mass is 10.0. The van der Waals surface area contributed by atoms with Crippen molar-refractivity contribution >= 4 is 0 Å². The summed E-state index contributed by atoms with van der Waals surface area (Å²) in [6.45, 7) is 2.10. The SMILES string of the molecule is NC(CCN1CCCC1CCCO)c1cc(F)cc(F)c1. The first kappa shape index (κ1) is 16.3. The first-order chi connectivity index (χ1) is 10.1. The van der Waals surface area contributed by atoms with Crippen LogP contribution in [0.25, 0.3) is 0 Å². The molecule has 1 heterocycles. The van der Waals surface area contributed by atoms with E-state index in [-0.39, 0.29) is 12.6 Å². The lowest BCUT2D eigenvalue weighted by Crippen LogP contribution is -2.32. The van der Waals surface area contributed by atoms with Gasteiger partial charge in [-0.1, -0.05) is 0 Å². The first-order valence-corrected chi connectivity index (χ1v) is 7.66. The van der Waals surface area contributed by atoms with Gasteiger partial charge in [0.2, 0.25) is 0 Å². The Labute approximate surface area is 124 Å². The monoisotopic (exact) mass is 298 g/mol. The quantitative estimate of drug-likeness (QED) is 0.813. The number of halogens is 2. The van der Waals surface area contributed by atoms with Crippen LogP contribution in [0.4, 0.5) is 8.78 Å². The maximum Gasteiger partial charge on any atom is 0.126 e. The van der Waals surface area contributed by atoms with Crippen LogP contribution in [0.3, 0.4) is 0 Å². The molecule has 1 fully saturated rings. The van der Waals surface area contributed by atoms with Gasteiger partial charge in [0.15, 0.2) is 0 Å². The molecule has 0 bridgehead atoms. The summed E-state index contributed by atoms with van der Waals surface area (Å²) in [7, 11) is 0. The van der Waals surface area contributed by atoms with Crippen molar-refractivity contribution < 1.29 is 13.9 Å². The topological polar surface area (TPSA) is 49.5 Å². The van der Waals surface area contributed by atoms with Gasteiger partial charge in [-0.05, 0) is 56.3 Å². The van der Waals surface area contributed by atoms with Crippen molar-refractivity contribution in [3.8, 4) is 0 Å². The molecular formula is C16H24F2N2O. The van der Waals surface area contributed by atoms with Gasteiger partial charge in [-0.3, -0.25) is 0 Å². The van der Waals surface area contributed by atoms with Crippen molar-refractivity contribution in [1.29, 1.82) is 0 Å². The van der Waals surface area contributed by atoms with E-state index in [1.807, 2.05) is 0 Å². The average molecular weight is 298 g/mol. The van der Waals surface area contributed by atoms with Crippen LogP contribution in [0, 0.1) is 11.6 Å². The molecule has 3 nitrogen and oxygen atoms in total. The molecule has 0 aliphatic carbocycles. The van der Waals surface area contributed by atoms with Crippen molar-refractivity contribution in [2.24, 2.45) is 5.73 Å². The van der Waals surface area contributed by atoms with Gasteiger partial charge in [0.05, 0.1) is 0 Å². The molecule has 3 N–H and O–H groups in total. The van der Waals surface area contributed by atoms with E-state index in [0.29, 0.717) is 18.0 Å². The van der Waals surface area contributed by atoms with Gasteiger partial charge in [0, 0.05) is 31.3 Å². The number of nitrogens with zero attached hydrogens (tertiary/aromatic N) is 1. The number of aliphatic hydroxyl groups excluding tert-OH is 1. The molecule has 118 valence electrons. The molecule has 0 aromatic heterocycles. The standard InChI is InChI=1S/C16H24F2N2O/c17-13-9-12(10-14(18)11-13)16(19)5-7-20-6-1-3-15(20)4-2-8-21/h9-11,15-16,21H,1-8,19H2. The molecule has 1 aliphatic rings. The predicted molar refractivity (Wildman–Crippen MR) is 78.8 cm³/mol. The third-order valence-corrected chi connectivity index (χ3v) is 4.23. The van der Waals surface area contributed by atoms with E-state index in [4.69, 9.17) is 10.8 Å². The largest absolute Gasteiger partial charge is 0.396 e. The normalized spacial score (nSPS) is 20.9. The molecule has 0 saturated carbocycles. The first-order valence-electron chi connectivity index (χ1n) is 7.66. The summed E-state index contributed by atoms with van der Waals surface area (Å²) in [6, 6.07) is 3.63. The molecule has 21 heavy (non-hydrogen) atoms. The van der Waals surface area contributed by atoms with Crippen LogP contribution in [0.15, 0.2) is 18.2 Å². The Morgan fingerprint density at radius 3 is 2.67 bits per heavy atom. The van der Waals surface area contributed by atoms with Crippen molar-refractivity contribution in [3.05, 3.63) is 35.4 Å². The summed E-state index contributed by atoms with van der Waals surface area (Å²) >= 11 is 0. The highest BCUT2D eigenvalue weighted by molar-refractivity contribution is 5.21. The summed E-state index contributed by atoms with van der Waals surface area (Å²) in [6.07, 6.45) is 4.82. The average Bonchev–Trinajstić information content (AvgIpc) is 2.88. The van der Waals surface area contributed by atoms with Crippen molar-refractivity contribution in [3.63, 3.8) is 0 Å². The smallest absolute Gasteiger partial charge is 0.126 e. The Balaban J connectivity index is 1.86. The zero-order valence-electron chi connectivity index (χ0n) is 12.3. The fourth-order valence-electron chi connectivity index (χ4n) is 3.10. The third-order valence-electron chi connectivity index (χ3n) is 4.23. The van der Waals surface area contributed by atoms with Gasteiger partial charge in [-0.25, -0.2) is 8.78 Å². The van der Waals surface area contributed by atoms with Crippen molar-refractivity contribution in [2.75, 3.05) is 19.7 Å². The number of rotatable bonds is 7. The third kappa shape index (κ3) is 4.73. The van der Waals surface area contributed by atoms with E-state index in [2.05, 4.69) is 4.90 Å². The molecule has 2 atom stereocenters. The van der Waals surface area contributed by atoms with Crippen LogP contribution in [0.1, 0.15) is 43.7 Å². The Morgan fingerprint density at radius 1 is 1.29 bits per heavy atom. The number of likely N-dealkylation sites (tertiary alicyclic amines) is 1. The number of hydrogen-bond donors (Lipinski definition) is 2. The summed E-state index contributed by atoms with van der Waals surface area (Å²) in [5, 5.41) is 8.92. The second-order valence-corrected chi connectivity index (χ2v) is 5.80. The second-order valence-electron chi connectivity index (χ2n) is 5.80. The van der Waals surface area contributed by atoms with Crippen LogP contribution in [0.2, 0.25) is 0 Å². The van der Waals surface area contributed by atoms with Gasteiger partial charge in [0.1, 0.15) is 11.6 Å². The maximum absolute atomic E-state index is 13.2. The van der Waals surface area contributed by atoms with Crippen LogP contribution >= 0.6 is 0 Å². The fraction of sp³-hybridized carbons (Fsp3) is 0.625. The van der Waals surface area contributed by atoms with Gasteiger partial charge in [-0.15, -0.1) is 0 Å². The Hall–Kier alpha value is -1.04. The number of aliphatic hydroxyl groups is 1. The molecule has 1 aliphatic heterocycles. The molecule has 0 radical (unpaired) electrons. The van der Waals surface area contributed by atoms with Gasteiger partial charge in [-0.2, -0.15) is 0 Å². The molecule has 0 spiro atoms.